The molecule has 0 unspecified atom stereocenters. The van der Waals surface area contributed by atoms with Crippen LogP contribution in [0.4, 0.5) is 19.1 Å². The van der Waals surface area contributed by atoms with Gasteiger partial charge in [-0.2, -0.15) is 13.2 Å². The number of aromatic nitrogens is 3. The lowest BCUT2D eigenvalue weighted by molar-refractivity contribution is -0.143. The number of piperidine rings is 1. The van der Waals surface area contributed by atoms with Crippen LogP contribution >= 0.6 is 11.8 Å². The van der Waals surface area contributed by atoms with Gasteiger partial charge in [0, 0.05) is 42.7 Å². The Kier molecular flexibility index (Phi) is 6.01. The first-order valence-electron chi connectivity index (χ1n) is 10.4. The zero-order valence-electron chi connectivity index (χ0n) is 18.1. The molecule has 2 aromatic heterocycles. The summed E-state index contributed by atoms with van der Waals surface area (Å²) in [6.07, 6.45) is -1.84. The quantitative estimate of drug-likeness (QED) is 0.740. The fourth-order valence-electron chi connectivity index (χ4n) is 4.49. The highest BCUT2D eigenvalue weighted by atomic mass is 32.2. The van der Waals surface area contributed by atoms with Gasteiger partial charge in [0.2, 0.25) is 5.95 Å². The second-order valence-electron chi connectivity index (χ2n) is 8.53. The van der Waals surface area contributed by atoms with Gasteiger partial charge in [-0.3, -0.25) is 14.3 Å². The fourth-order valence-corrected chi connectivity index (χ4v) is 5.54. The predicted octanol–water partition coefficient (Wildman–Crippen LogP) is 2.99. The van der Waals surface area contributed by atoms with E-state index in [4.69, 9.17) is 10.5 Å². The average Bonchev–Trinajstić information content (AvgIpc) is 3.02. The summed E-state index contributed by atoms with van der Waals surface area (Å²) < 4.78 is 47.1. The first-order chi connectivity index (χ1) is 15.0. The highest BCUT2D eigenvalue weighted by Gasteiger charge is 2.47. The maximum absolute atomic E-state index is 13.3. The van der Waals surface area contributed by atoms with Crippen molar-refractivity contribution in [3.8, 4) is 0 Å². The molecule has 4 heterocycles. The van der Waals surface area contributed by atoms with Crippen LogP contribution in [0.2, 0.25) is 0 Å². The van der Waals surface area contributed by atoms with Crippen LogP contribution in [0.5, 0.6) is 0 Å². The molecular formula is C21H26F3N5O2S. The number of nitrogens with zero attached hydrogens (tertiary/aromatic N) is 4. The van der Waals surface area contributed by atoms with E-state index in [-0.39, 0.29) is 32.9 Å². The van der Waals surface area contributed by atoms with Crippen molar-refractivity contribution in [3.63, 3.8) is 0 Å². The van der Waals surface area contributed by atoms with Gasteiger partial charge in [-0.15, -0.1) is 0 Å². The van der Waals surface area contributed by atoms with Gasteiger partial charge in [-0.25, -0.2) is 4.98 Å². The first-order valence-corrected chi connectivity index (χ1v) is 11.2. The van der Waals surface area contributed by atoms with Crippen molar-refractivity contribution in [1.29, 1.82) is 0 Å². The molecule has 2 fully saturated rings. The summed E-state index contributed by atoms with van der Waals surface area (Å²) in [7, 11) is 1.60. The molecule has 0 aromatic carbocycles. The van der Waals surface area contributed by atoms with E-state index >= 15 is 0 Å². The molecule has 0 amide bonds. The van der Waals surface area contributed by atoms with Crippen molar-refractivity contribution in [2.75, 3.05) is 24.6 Å². The monoisotopic (exact) mass is 469 g/mol. The number of nitrogens with two attached hydrogens (primary N) is 1. The molecule has 0 bridgehead atoms. The number of hydrogen-bond acceptors (Lipinski definition) is 7. The Hall–Kier alpha value is -2.11. The van der Waals surface area contributed by atoms with E-state index in [1.165, 1.54) is 16.7 Å². The van der Waals surface area contributed by atoms with E-state index in [1.807, 2.05) is 11.8 Å². The van der Waals surface area contributed by atoms with E-state index in [1.54, 1.807) is 14.0 Å². The van der Waals surface area contributed by atoms with Crippen LogP contribution in [0, 0.1) is 12.3 Å². The first kappa shape index (κ1) is 23.1. The Morgan fingerprint density at radius 2 is 2.00 bits per heavy atom. The predicted molar refractivity (Wildman–Crippen MR) is 115 cm³/mol. The Morgan fingerprint density at radius 1 is 1.31 bits per heavy atom. The van der Waals surface area contributed by atoms with Crippen LogP contribution in [0.25, 0.3) is 0 Å². The minimum atomic E-state index is -4.61. The summed E-state index contributed by atoms with van der Waals surface area (Å²) >= 11 is 0.750. The molecular weight excluding hydrogens is 443 g/mol. The van der Waals surface area contributed by atoms with Crippen LogP contribution in [0.15, 0.2) is 32.9 Å². The van der Waals surface area contributed by atoms with Crippen LogP contribution in [0.1, 0.15) is 31.2 Å². The van der Waals surface area contributed by atoms with Crippen molar-refractivity contribution in [2.24, 2.45) is 18.2 Å². The molecule has 2 saturated heterocycles. The molecule has 2 aliphatic heterocycles. The van der Waals surface area contributed by atoms with E-state index in [9.17, 15) is 18.0 Å². The second kappa shape index (κ2) is 8.35. The van der Waals surface area contributed by atoms with Gasteiger partial charge in [0.1, 0.15) is 0 Å². The van der Waals surface area contributed by atoms with Crippen molar-refractivity contribution in [2.45, 2.75) is 54.8 Å². The molecule has 0 radical (unpaired) electrons. The molecule has 11 heteroatoms. The Labute approximate surface area is 188 Å². The zero-order valence-corrected chi connectivity index (χ0v) is 19.0. The molecule has 2 N–H and O–H groups in total. The van der Waals surface area contributed by atoms with Crippen LogP contribution in [0.3, 0.4) is 0 Å². The smallest absolute Gasteiger partial charge is 0.376 e. The van der Waals surface area contributed by atoms with Crippen LogP contribution < -0.4 is 16.2 Å². The lowest BCUT2D eigenvalue weighted by Gasteiger charge is -2.41. The van der Waals surface area contributed by atoms with Gasteiger partial charge in [0.25, 0.3) is 5.56 Å². The summed E-state index contributed by atoms with van der Waals surface area (Å²) in [5.74, 6) is 0.509. The number of ether oxygens (including phenoxy) is 1. The third-order valence-electron chi connectivity index (χ3n) is 6.53. The summed E-state index contributed by atoms with van der Waals surface area (Å²) in [5.41, 5.74) is 5.31. The molecule has 2 atom stereocenters. The van der Waals surface area contributed by atoms with E-state index in [2.05, 4.69) is 9.97 Å². The van der Waals surface area contributed by atoms with Gasteiger partial charge in [-0.1, -0.05) is 11.8 Å². The Bertz CT molecular complexity index is 1070. The van der Waals surface area contributed by atoms with E-state index < -0.39 is 11.9 Å². The SMILES string of the molecule is Cc1nc(N2CCC3(CC2)CO[C@@H](C)[C@H]3N)n(C)c(=O)c1Sc1cccnc1C(F)(F)F. The molecule has 4 rings (SSSR count). The Morgan fingerprint density at radius 3 is 2.59 bits per heavy atom. The van der Waals surface area contributed by atoms with Gasteiger partial charge < -0.3 is 15.4 Å². The molecule has 2 aromatic rings. The topological polar surface area (TPSA) is 86.3 Å². The largest absolute Gasteiger partial charge is 0.434 e. The summed E-state index contributed by atoms with van der Waals surface area (Å²) in [6, 6.07) is 2.70. The zero-order chi connectivity index (χ0) is 23.3. The number of halogens is 3. The maximum atomic E-state index is 13.3. The minimum absolute atomic E-state index is 0.0238. The molecule has 1 spiro atoms. The van der Waals surface area contributed by atoms with Crippen molar-refractivity contribution >= 4 is 17.7 Å². The molecule has 32 heavy (non-hydrogen) atoms. The van der Waals surface area contributed by atoms with Gasteiger partial charge in [0.05, 0.1) is 23.3 Å². The number of alkyl halides is 3. The molecule has 174 valence electrons. The third kappa shape index (κ3) is 4.01. The normalized spacial score (nSPS) is 23.2. The number of aryl methyl sites for hydroxylation is 1. The van der Waals surface area contributed by atoms with E-state index in [0.29, 0.717) is 31.3 Å². The lowest BCUT2D eigenvalue weighted by Crippen LogP contribution is -2.51. The Balaban J connectivity index is 1.59. The molecule has 0 aliphatic carbocycles. The van der Waals surface area contributed by atoms with E-state index in [0.717, 1.165) is 30.8 Å². The summed E-state index contributed by atoms with van der Waals surface area (Å²) in [5, 5.41) is 0. The van der Waals surface area contributed by atoms with Crippen LogP contribution in [-0.4, -0.2) is 46.4 Å². The fraction of sp³-hybridized carbons (Fsp3) is 0.571. The number of hydrogen-bond donors (Lipinski definition) is 1. The number of anilines is 1. The standard InChI is InChI=1S/C21H26F3N5O2S/c1-12-15(32-14-5-4-8-26-17(14)21(22,23)24)18(30)28(3)19(27-12)29-9-6-20(7-10-29)11-31-13(2)16(20)25/h4-5,8,13,16H,6-7,9-11,25H2,1-3H3/t13-,16+/m0/s1. The van der Waals surface area contributed by atoms with Crippen molar-refractivity contribution in [3.05, 3.63) is 40.1 Å². The highest BCUT2D eigenvalue weighted by molar-refractivity contribution is 7.99. The molecule has 0 saturated carbocycles. The van der Waals surface area contributed by atoms with Crippen LogP contribution in [-0.2, 0) is 18.0 Å². The molecule has 7 nitrogen and oxygen atoms in total. The minimum Gasteiger partial charge on any atom is -0.376 e. The second-order valence-corrected chi connectivity index (χ2v) is 9.58. The van der Waals surface area contributed by atoms with Gasteiger partial charge >= 0.3 is 6.18 Å². The third-order valence-corrected chi connectivity index (χ3v) is 7.76. The highest BCUT2D eigenvalue weighted by Crippen LogP contribution is 2.42. The summed E-state index contributed by atoms with van der Waals surface area (Å²) in [6.45, 7) is 5.62. The lowest BCUT2D eigenvalue weighted by atomic mass is 9.73. The maximum Gasteiger partial charge on any atom is 0.434 e. The number of pyridine rings is 1. The van der Waals surface area contributed by atoms with Gasteiger partial charge in [-0.05, 0) is 38.8 Å². The van der Waals surface area contributed by atoms with Crippen molar-refractivity contribution in [1.82, 2.24) is 14.5 Å². The average molecular weight is 470 g/mol. The van der Waals surface area contributed by atoms with Gasteiger partial charge in [0.15, 0.2) is 5.69 Å². The van der Waals surface area contributed by atoms with Crippen molar-refractivity contribution < 1.29 is 17.9 Å². The molecule has 2 aliphatic rings. The number of rotatable bonds is 3. The summed E-state index contributed by atoms with van der Waals surface area (Å²) in [4.78, 5) is 23.2.